The van der Waals surface area contributed by atoms with Crippen LogP contribution in [0.25, 0.3) is 0 Å². The normalized spacial score (nSPS) is 10.5. The van der Waals surface area contributed by atoms with Gasteiger partial charge in [-0.2, -0.15) is 0 Å². The summed E-state index contributed by atoms with van der Waals surface area (Å²) in [4.78, 5) is 11.1. The van der Waals surface area contributed by atoms with Crippen LogP contribution in [0.5, 0.6) is 0 Å². The highest BCUT2D eigenvalue weighted by Gasteiger charge is 2.02. The maximum Gasteiger partial charge on any atom is 0.248 e. The Morgan fingerprint density at radius 3 is 2.30 bits per heavy atom. The molecule has 1 amide bonds. The first kappa shape index (κ1) is 14.9. The van der Waals surface area contributed by atoms with Gasteiger partial charge in [0, 0.05) is 28.7 Å². The van der Waals surface area contributed by atoms with Crippen molar-refractivity contribution in [3.8, 4) is 0 Å². The summed E-state index contributed by atoms with van der Waals surface area (Å²) in [6.45, 7) is 1.27. The minimum absolute atomic E-state index is 0.423. The van der Waals surface area contributed by atoms with Gasteiger partial charge >= 0.3 is 0 Å². The van der Waals surface area contributed by atoms with Crippen LogP contribution in [0.1, 0.15) is 21.5 Å². The fourth-order valence-corrected chi connectivity index (χ4v) is 2.47. The second-order valence-corrected chi connectivity index (χ2v) is 5.32. The van der Waals surface area contributed by atoms with E-state index in [0.717, 1.165) is 11.1 Å². The maximum absolute atomic E-state index is 11.1. The molecule has 20 heavy (non-hydrogen) atoms. The van der Waals surface area contributed by atoms with Crippen molar-refractivity contribution in [2.24, 2.45) is 5.73 Å². The topological polar surface area (TPSA) is 55.1 Å². The van der Waals surface area contributed by atoms with Crippen molar-refractivity contribution in [2.75, 3.05) is 0 Å². The van der Waals surface area contributed by atoms with Gasteiger partial charge in [0.05, 0.1) is 0 Å². The lowest BCUT2D eigenvalue weighted by Crippen LogP contribution is -2.15. The number of carbonyl (C=O) groups excluding carboxylic acids is 1. The van der Waals surface area contributed by atoms with Gasteiger partial charge in [-0.25, -0.2) is 0 Å². The summed E-state index contributed by atoms with van der Waals surface area (Å²) in [7, 11) is 0. The van der Waals surface area contributed by atoms with Gasteiger partial charge in [0.1, 0.15) is 0 Å². The maximum atomic E-state index is 11.1. The summed E-state index contributed by atoms with van der Waals surface area (Å²) >= 11 is 11.9. The van der Waals surface area contributed by atoms with E-state index in [2.05, 4.69) is 5.32 Å². The lowest BCUT2D eigenvalue weighted by Gasteiger charge is -2.07. The van der Waals surface area contributed by atoms with Crippen LogP contribution in [0, 0.1) is 0 Å². The monoisotopic (exact) mass is 308 g/mol. The molecule has 0 saturated carbocycles. The number of halogens is 2. The predicted octanol–water partition coefficient (Wildman–Crippen LogP) is 3.38. The molecule has 5 heteroatoms. The highest BCUT2D eigenvalue weighted by molar-refractivity contribution is 6.34. The third-order valence-corrected chi connectivity index (χ3v) is 3.23. The Labute approximate surface area is 127 Å². The Hall–Kier alpha value is -1.55. The van der Waals surface area contributed by atoms with Gasteiger partial charge in [-0.3, -0.25) is 4.79 Å². The van der Waals surface area contributed by atoms with Crippen molar-refractivity contribution in [3.63, 3.8) is 0 Å². The molecule has 0 bridgehead atoms. The average Bonchev–Trinajstić information content (AvgIpc) is 2.38. The number of carbonyl (C=O) groups is 1. The van der Waals surface area contributed by atoms with E-state index >= 15 is 0 Å². The SMILES string of the molecule is NC(=O)c1cccc(CNCc2cc(Cl)cc(Cl)c2)c1. The zero-order chi connectivity index (χ0) is 14.5. The molecule has 0 aliphatic rings. The van der Waals surface area contributed by atoms with E-state index in [9.17, 15) is 4.79 Å². The fourth-order valence-electron chi connectivity index (χ4n) is 1.90. The molecule has 2 aromatic rings. The Morgan fingerprint density at radius 2 is 1.65 bits per heavy atom. The zero-order valence-corrected chi connectivity index (χ0v) is 12.2. The van der Waals surface area contributed by atoms with Crippen LogP contribution in [-0.4, -0.2) is 5.91 Å². The van der Waals surface area contributed by atoms with Crippen LogP contribution in [0.4, 0.5) is 0 Å². The van der Waals surface area contributed by atoms with Gasteiger partial charge in [-0.05, 0) is 41.5 Å². The van der Waals surface area contributed by atoms with Crippen molar-refractivity contribution in [3.05, 3.63) is 69.2 Å². The smallest absolute Gasteiger partial charge is 0.248 e. The summed E-state index contributed by atoms with van der Waals surface area (Å²) in [5.41, 5.74) is 7.76. The van der Waals surface area contributed by atoms with Crippen LogP contribution in [0.2, 0.25) is 10.0 Å². The number of primary amides is 1. The van der Waals surface area contributed by atoms with Gasteiger partial charge < -0.3 is 11.1 Å². The third-order valence-electron chi connectivity index (χ3n) is 2.79. The molecule has 0 unspecified atom stereocenters. The fraction of sp³-hybridized carbons (Fsp3) is 0.133. The molecule has 0 fully saturated rings. The molecule has 0 saturated heterocycles. The van der Waals surface area contributed by atoms with Crippen LogP contribution >= 0.6 is 23.2 Å². The van der Waals surface area contributed by atoms with Crippen molar-refractivity contribution >= 4 is 29.1 Å². The van der Waals surface area contributed by atoms with Crippen molar-refractivity contribution in [2.45, 2.75) is 13.1 Å². The van der Waals surface area contributed by atoms with Crippen LogP contribution in [0.3, 0.4) is 0 Å². The molecule has 0 atom stereocenters. The second kappa shape index (κ2) is 6.75. The first-order valence-electron chi connectivity index (χ1n) is 6.09. The first-order valence-corrected chi connectivity index (χ1v) is 6.84. The van der Waals surface area contributed by atoms with Gasteiger partial charge in [-0.1, -0.05) is 35.3 Å². The molecule has 3 nitrogen and oxygen atoms in total. The number of hydrogen-bond acceptors (Lipinski definition) is 2. The number of benzene rings is 2. The second-order valence-electron chi connectivity index (χ2n) is 4.45. The molecular weight excluding hydrogens is 295 g/mol. The quantitative estimate of drug-likeness (QED) is 0.889. The van der Waals surface area contributed by atoms with E-state index in [1.54, 1.807) is 18.2 Å². The van der Waals surface area contributed by atoms with Gasteiger partial charge in [0.15, 0.2) is 0 Å². The molecule has 0 spiro atoms. The minimum atomic E-state index is -0.423. The molecule has 2 rings (SSSR count). The lowest BCUT2D eigenvalue weighted by molar-refractivity contribution is 0.1000. The van der Waals surface area contributed by atoms with Gasteiger partial charge in [-0.15, -0.1) is 0 Å². The van der Waals surface area contributed by atoms with Crippen LogP contribution in [0.15, 0.2) is 42.5 Å². The molecule has 104 valence electrons. The summed E-state index contributed by atoms with van der Waals surface area (Å²) in [5.74, 6) is -0.423. The Morgan fingerprint density at radius 1 is 1.00 bits per heavy atom. The molecule has 3 N–H and O–H groups in total. The van der Waals surface area contributed by atoms with Crippen molar-refractivity contribution in [1.29, 1.82) is 0 Å². The Balaban J connectivity index is 1.95. The summed E-state index contributed by atoms with van der Waals surface area (Å²) in [5, 5.41) is 4.50. The van der Waals surface area contributed by atoms with E-state index in [-0.39, 0.29) is 0 Å². The van der Waals surface area contributed by atoms with E-state index in [1.165, 1.54) is 0 Å². The third kappa shape index (κ3) is 4.23. The Kier molecular flexibility index (Phi) is 5.01. The lowest BCUT2D eigenvalue weighted by atomic mass is 10.1. The number of nitrogens with one attached hydrogen (secondary N) is 1. The van der Waals surface area contributed by atoms with Crippen molar-refractivity contribution in [1.82, 2.24) is 5.32 Å². The van der Waals surface area contributed by atoms with Crippen LogP contribution in [-0.2, 0) is 13.1 Å². The van der Waals surface area contributed by atoms with Gasteiger partial charge in [0.25, 0.3) is 0 Å². The number of amides is 1. The summed E-state index contributed by atoms with van der Waals surface area (Å²) in [6.07, 6.45) is 0. The highest BCUT2D eigenvalue weighted by atomic mass is 35.5. The van der Waals surface area contributed by atoms with E-state index in [1.807, 2.05) is 24.3 Å². The van der Waals surface area contributed by atoms with E-state index < -0.39 is 5.91 Å². The average molecular weight is 309 g/mol. The van der Waals surface area contributed by atoms with Crippen molar-refractivity contribution < 1.29 is 4.79 Å². The molecule has 0 aromatic heterocycles. The predicted molar refractivity (Wildman–Crippen MR) is 82.0 cm³/mol. The molecular formula is C15H14Cl2N2O. The largest absolute Gasteiger partial charge is 0.366 e. The standard InChI is InChI=1S/C15H14Cl2N2O/c16-13-5-11(6-14(17)7-13)9-19-8-10-2-1-3-12(4-10)15(18)20/h1-7,19H,8-9H2,(H2,18,20). The summed E-state index contributed by atoms with van der Waals surface area (Å²) in [6, 6.07) is 12.6. The molecule has 0 aliphatic heterocycles. The summed E-state index contributed by atoms with van der Waals surface area (Å²) < 4.78 is 0. The Bertz CT molecular complexity index is 609. The number of nitrogens with two attached hydrogens (primary N) is 1. The van der Waals surface area contributed by atoms with Crippen LogP contribution < -0.4 is 11.1 Å². The molecule has 0 radical (unpaired) electrons. The molecule has 0 heterocycles. The first-order chi connectivity index (χ1) is 9.54. The number of hydrogen-bond donors (Lipinski definition) is 2. The van der Waals surface area contributed by atoms with E-state index in [0.29, 0.717) is 28.7 Å². The molecule has 2 aromatic carbocycles. The molecule has 0 aliphatic carbocycles. The number of rotatable bonds is 5. The minimum Gasteiger partial charge on any atom is -0.366 e. The highest BCUT2D eigenvalue weighted by Crippen LogP contribution is 2.19. The van der Waals surface area contributed by atoms with E-state index in [4.69, 9.17) is 28.9 Å². The zero-order valence-electron chi connectivity index (χ0n) is 10.7. The van der Waals surface area contributed by atoms with Gasteiger partial charge in [0.2, 0.25) is 5.91 Å².